The van der Waals surface area contributed by atoms with Crippen molar-refractivity contribution in [3.05, 3.63) is 70.6 Å². The molecule has 1 unspecified atom stereocenters. The van der Waals surface area contributed by atoms with Gasteiger partial charge in [-0.2, -0.15) is 0 Å². The predicted octanol–water partition coefficient (Wildman–Crippen LogP) is 0.588. The van der Waals surface area contributed by atoms with Crippen molar-refractivity contribution < 1.29 is 19.4 Å². The SMILES string of the molecule is COc1cc(C(NC2=C(C(=N)N)CC(=O)C(CC(=O)O)=C2)C2=N[C@H](c3ncccn3)NN2)cc(C)n1. The number of Topliss-reactive ketones (excluding diaryl/α,β-unsaturated/α-hetero) is 1. The number of amidine groups is 2. The van der Waals surface area contributed by atoms with Gasteiger partial charge in [0, 0.05) is 47.4 Å². The Morgan fingerprint density at radius 2 is 2.11 bits per heavy atom. The number of nitrogens with one attached hydrogen (secondary N) is 4. The van der Waals surface area contributed by atoms with Crippen LogP contribution in [-0.2, 0) is 9.59 Å². The summed E-state index contributed by atoms with van der Waals surface area (Å²) in [5, 5.41) is 20.5. The summed E-state index contributed by atoms with van der Waals surface area (Å²) in [4.78, 5) is 41.3. The number of aryl methyl sites for hydroxylation is 1. The van der Waals surface area contributed by atoms with Gasteiger partial charge >= 0.3 is 5.97 Å². The van der Waals surface area contributed by atoms with E-state index < -0.39 is 30.4 Å². The average Bonchev–Trinajstić information content (AvgIpc) is 3.33. The topological polar surface area (TPSA) is 201 Å². The number of aromatic nitrogens is 3. The van der Waals surface area contributed by atoms with Crippen LogP contribution < -0.4 is 26.6 Å². The number of pyridine rings is 1. The zero-order chi connectivity index (χ0) is 25.8. The zero-order valence-corrected chi connectivity index (χ0v) is 19.6. The standard InChI is InChI=1S/C23H25N9O4/c1-11-6-13(8-17(28-11)36-2)19(21-30-23(32-31-21)22-26-4-3-5-27-22)29-15-7-12(9-18(34)35)16(33)10-14(15)20(24)25/h3-8,19,23,29,32H,9-10H2,1-2H3,(H3,24,25)(H,30,31)(H,34,35)/t19?,23-/m0/s1. The van der Waals surface area contributed by atoms with Crippen molar-refractivity contribution in [2.45, 2.75) is 32.0 Å². The summed E-state index contributed by atoms with van der Waals surface area (Å²) in [6.45, 7) is 1.82. The van der Waals surface area contributed by atoms with Crippen LogP contribution in [-0.4, -0.2) is 50.6 Å². The lowest BCUT2D eigenvalue weighted by Crippen LogP contribution is -2.41. The number of nitrogens with zero attached hydrogens (tertiary/aromatic N) is 4. The Morgan fingerprint density at radius 3 is 2.78 bits per heavy atom. The number of nitrogens with two attached hydrogens (primary N) is 1. The summed E-state index contributed by atoms with van der Waals surface area (Å²) in [6, 6.07) is 4.61. The number of hydrogen-bond donors (Lipinski definition) is 6. The van der Waals surface area contributed by atoms with Crippen LogP contribution in [0.2, 0.25) is 0 Å². The first-order valence-corrected chi connectivity index (χ1v) is 10.9. The van der Waals surface area contributed by atoms with E-state index in [4.69, 9.17) is 20.9 Å². The molecule has 36 heavy (non-hydrogen) atoms. The molecule has 2 aromatic rings. The molecule has 0 spiro atoms. The molecule has 0 aromatic carbocycles. The van der Waals surface area contributed by atoms with E-state index in [9.17, 15) is 14.7 Å². The van der Waals surface area contributed by atoms with Crippen LogP contribution in [0.15, 0.2) is 58.5 Å². The van der Waals surface area contributed by atoms with Crippen LogP contribution in [0.5, 0.6) is 5.88 Å². The van der Waals surface area contributed by atoms with Crippen LogP contribution in [0.25, 0.3) is 0 Å². The molecule has 13 nitrogen and oxygen atoms in total. The number of ketones is 1. The van der Waals surface area contributed by atoms with E-state index in [-0.39, 0.29) is 23.4 Å². The molecule has 0 radical (unpaired) electrons. The van der Waals surface area contributed by atoms with Gasteiger partial charge in [0.15, 0.2) is 17.8 Å². The highest BCUT2D eigenvalue weighted by atomic mass is 16.5. The summed E-state index contributed by atoms with van der Waals surface area (Å²) in [6.07, 6.45) is 3.44. The third kappa shape index (κ3) is 5.36. The van der Waals surface area contributed by atoms with Gasteiger partial charge in [-0.05, 0) is 30.7 Å². The van der Waals surface area contributed by atoms with Gasteiger partial charge in [-0.3, -0.25) is 15.0 Å². The molecule has 0 amide bonds. The van der Waals surface area contributed by atoms with Gasteiger partial charge in [0.25, 0.3) is 0 Å². The second-order valence-corrected chi connectivity index (χ2v) is 8.10. The lowest BCUT2D eigenvalue weighted by Gasteiger charge is -2.26. The van der Waals surface area contributed by atoms with Crippen LogP contribution in [0.4, 0.5) is 0 Å². The summed E-state index contributed by atoms with van der Waals surface area (Å²) in [7, 11) is 1.51. The maximum Gasteiger partial charge on any atom is 0.307 e. The quantitative estimate of drug-likeness (QED) is 0.212. The minimum absolute atomic E-state index is 0.104. The van der Waals surface area contributed by atoms with Crippen molar-refractivity contribution in [2.75, 3.05) is 7.11 Å². The maximum atomic E-state index is 12.5. The number of carboxylic acid groups (broad SMARTS) is 1. The molecule has 3 heterocycles. The zero-order valence-electron chi connectivity index (χ0n) is 19.6. The number of methoxy groups -OCH3 is 1. The number of allylic oxidation sites excluding steroid dienone is 1. The molecule has 13 heteroatoms. The van der Waals surface area contributed by atoms with Crippen molar-refractivity contribution in [1.82, 2.24) is 31.1 Å². The molecule has 0 bridgehead atoms. The van der Waals surface area contributed by atoms with E-state index in [1.165, 1.54) is 13.2 Å². The molecular weight excluding hydrogens is 466 g/mol. The van der Waals surface area contributed by atoms with E-state index in [1.807, 2.05) is 13.0 Å². The van der Waals surface area contributed by atoms with Gasteiger partial charge < -0.3 is 26.3 Å². The fraction of sp³-hybridized carbons (Fsp3) is 0.261. The van der Waals surface area contributed by atoms with Crippen molar-refractivity contribution in [3.63, 3.8) is 0 Å². The first-order chi connectivity index (χ1) is 17.2. The first kappa shape index (κ1) is 24.5. The number of aliphatic carboxylic acids is 1. The monoisotopic (exact) mass is 491 g/mol. The molecule has 2 aromatic heterocycles. The Kier molecular flexibility index (Phi) is 7.01. The van der Waals surface area contributed by atoms with Crippen LogP contribution in [0, 0.1) is 12.3 Å². The molecule has 186 valence electrons. The molecule has 4 rings (SSSR count). The molecule has 2 atom stereocenters. The van der Waals surface area contributed by atoms with Gasteiger partial charge in [0.1, 0.15) is 17.7 Å². The summed E-state index contributed by atoms with van der Waals surface area (Å²) < 4.78 is 5.34. The van der Waals surface area contributed by atoms with Crippen molar-refractivity contribution in [3.8, 4) is 5.88 Å². The second-order valence-electron chi connectivity index (χ2n) is 8.10. The van der Waals surface area contributed by atoms with Crippen molar-refractivity contribution in [1.29, 1.82) is 5.41 Å². The van der Waals surface area contributed by atoms with E-state index in [0.29, 0.717) is 34.5 Å². The number of hydrazine groups is 1. The summed E-state index contributed by atoms with van der Waals surface area (Å²) >= 11 is 0. The predicted molar refractivity (Wildman–Crippen MR) is 129 cm³/mol. The fourth-order valence-corrected chi connectivity index (χ4v) is 3.86. The number of carbonyl (C=O) groups excluding carboxylic acids is 1. The van der Waals surface area contributed by atoms with Crippen LogP contribution in [0.1, 0.15) is 42.1 Å². The number of carboxylic acids is 1. The number of hydrogen-bond acceptors (Lipinski definition) is 11. The van der Waals surface area contributed by atoms with Crippen molar-refractivity contribution in [2.24, 2.45) is 10.7 Å². The normalized spacial score (nSPS) is 18.2. The Labute approximate surface area is 206 Å². The molecule has 0 saturated carbocycles. The second kappa shape index (κ2) is 10.3. The van der Waals surface area contributed by atoms with Crippen LogP contribution in [0.3, 0.4) is 0 Å². The third-order valence-corrected chi connectivity index (χ3v) is 5.51. The molecule has 0 saturated heterocycles. The van der Waals surface area contributed by atoms with Gasteiger partial charge in [0.2, 0.25) is 5.88 Å². The molecular formula is C23H25N9O4. The smallest absolute Gasteiger partial charge is 0.307 e. The minimum Gasteiger partial charge on any atom is -0.481 e. The number of rotatable bonds is 9. The first-order valence-electron chi connectivity index (χ1n) is 10.9. The van der Waals surface area contributed by atoms with E-state index in [1.54, 1.807) is 24.5 Å². The number of aliphatic imine (C=N–C) groups is 1. The largest absolute Gasteiger partial charge is 0.481 e. The summed E-state index contributed by atoms with van der Waals surface area (Å²) in [5.41, 5.74) is 14.0. The van der Waals surface area contributed by atoms with Gasteiger partial charge in [-0.25, -0.2) is 25.4 Å². The molecule has 1 aliphatic carbocycles. The molecule has 7 N–H and O–H groups in total. The average molecular weight is 492 g/mol. The Bertz CT molecular complexity index is 1300. The molecule has 2 aliphatic rings. The Balaban J connectivity index is 1.79. The highest BCUT2D eigenvalue weighted by Crippen LogP contribution is 2.28. The summed E-state index contributed by atoms with van der Waals surface area (Å²) in [5.74, 6) is -0.534. The van der Waals surface area contributed by atoms with E-state index >= 15 is 0 Å². The van der Waals surface area contributed by atoms with Gasteiger partial charge in [0.05, 0.1) is 13.5 Å². The Morgan fingerprint density at radius 1 is 1.36 bits per heavy atom. The third-order valence-electron chi connectivity index (χ3n) is 5.51. The van der Waals surface area contributed by atoms with Gasteiger partial charge in [-0.15, -0.1) is 0 Å². The molecule has 1 aliphatic heterocycles. The van der Waals surface area contributed by atoms with E-state index in [0.717, 1.165) is 0 Å². The number of carbonyl (C=O) groups is 2. The number of ether oxygens (including phenoxy) is 1. The lowest BCUT2D eigenvalue weighted by atomic mass is 9.91. The highest BCUT2D eigenvalue weighted by molar-refractivity contribution is 6.09. The van der Waals surface area contributed by atoms with Crippen LogP contribution >= 0.6 is 0 Å². The van der Waals surface area contributed by atoms with Gasteiger partial charge in [-0.1, -0.05) is 0 Å². The fourth-order valence-electron chi connectivity index (χ4n) is 3.86. The van der Waals surface area contributed by atoms with E-state index in [2.05, 4.69) is 31.1 Å². The molecule has 0 fully saturated rings. The minimum atomic E-state index is -1.14. The lowest BCUT2D eigenvalue weighted by molar-refractivity contribution is -0.137. The van der Waals surface area contributed by atoms with Crippen molar-refractivity contribution >= 4 is 23.4 Å². The highest BCUT2D eigenvalue weighted by Gasteiger charge is 2.31. The maximum absolute atomic E-state index is 12.5. The Hall–Kier alpha value is -4.65.